The van der Waals surface area contributed by atoms with Crippen LogP contribution < -0.4 is 5.73 Å². The predicted octanol–water partition coefficient (Wildman–Crippen LogP) is 2.35. The smallest absolute Gasteiger partial charge is 0.261 e. The van der Waals surface area contributed by atoms with Crippen molar-refractivity contribution in [1.29, 1.82) is 0 Å². The molecule has 0 aliphatic carbocycles. The highest BCUT2D eigenvalue weighted by Gasteiger charge is 2.36. The van der Waals surface area contributed by atoms with Gasteiger partial charge in [0.2, 0.25) is 0 Å². The summed E-state index contributed by atoms with van der Waals surface area (Å²) in [6, 6.07) is 10.5. The van der Waals surface area contributed by atoms with Gasteiger partial charge in [0.05, 0.1) is 17.2 Å². The van der Waals surface area contributed by atoms with Gasteiger partial charge in [-0.1, -0.05) is 12.1 Å². The third-order valence-electron chi connectivity index (χ3n) is 3.38. The van der Waals surface area contributed by atoms with E-state index in [1.54, 1.807) is 35.6 Å². The summed E-state index contributed by atoms with van der Waals surface area (Å²) in [6.07, 6.45) is 0. The molecule has 0 radical (unpaired) electrons. The van der Waals surface area contributed by atoms with E-state index in [4.69, 9.17) is 5.73 Å². The maximum atomic E-state index is 12.2. The molecule has 0 fully saturated rings. The van der Waals surface area contributed by atoms with Crippen LogP contribution in [0.5, 0.6) is 0 Å². The Kier molecular flexibility index (Phi) is 3.16. The van der Waals surface area contributed by atoms with Crippen LogP contribution in [0.25, 0.3) is 0 Å². The number of amides is 2. The van der Waals surface area contributed by atoms with E-state index in [0.717, 1.165) is 9.75 Å². The molecule has 20 heavy (non-hydrogen) atoms. The predicted molar refractivity (Wildman–Crippen MR) is 77.8 cm³/mol. The highest BCUT2D eigenvalue weighted by atomic mass is 32.1. The molecular weight excluding hydrogens is 272 g/mol. The lowest BCUT2D eigenvalue weighted by atomic mass is 10.1. The molecule has 1 aliphatic heterocycles. The molecule has 2 heterocycles. The maximum Gasteiger partial charge on any atom is 0.261 e. The minimum absolute atomic E-state index is 0.215. The number of hydrogen-bond donors (Lipinski definition) is 1. The van der Waals surface area contributed by atoms with Gasteiger partial charge in [0.15, 0.2) is 0 Å². The molecule has 0 saturated carbocycles. The summed E-state index contributed by atoms with van der Waals surface area (Å²) in [5.74, 6) is -0.511. The Morgan fingerprint density at radius 3 is 2.20 bits per heavy atom. The Morgan fingerprint density at radius 2 is 1.70 bits per heavy atom. The Hall–Kier alpha value is -1.98. The van der Waals surface area contributed by atoms with Crippen molar-refractivity contribution >= 4 is 23.2 Å². The van der Waals surface area contributed by atoms with Crippen molar-refractivity contribution in [1.82, 2.24) is 4.90 Å². The molecule has 1 aromatic heterocycles. The molecule has 2 aromatic rings. The molecule has 0 bridgehead atoms. The summed E-state index contributed by atoms with van der Waals surface area (Å²) in [5, 5.41) is 0. The number of carbonyl (C=O) groups excluding carboxylic acids is 2. The highest BCUT2D eigenvalue weighted by Crippen LogP contribution is 2.26. The van der Waals surface area contributed by atoms with Gasteiger partial charge in [-0.3, -0.25) is 14.5 Å². The monoisotopic (exact) mass is 286 g/mol. The van der Waals surface area contributed by atoms with Crippen molar-refractivity contribution in [3.63, 3.8) is 0 Å². The van der Waals surface area contributed by atoms with Gasteiger partial charge in [-0.2, -0.15) is 0 Å². The van der Waals surface area contributed by atoms with Gasteiger partial charge in [0, 0.05) is 16.3 Å². The second kappa shape index (κ2) is 4.85. The molecule has 2 N–H and O–H groups in total. The third-order valence-corrected chi connectivity index (χ3v) is 4.52. The molecule has 1 aliphatic rings. The lowest BCUT2D eigenvalue weighted by molar-refractivity contribution is 0.0645. The molecule has 102 valence electrons. The molecule has 0 spiro atoms. The van der Waals surface area contributed by atoms with Crippen LogP contribution in [0, 0.1) is 6.92 Å². The molecule has 3 rings (SSSR count). The van der Waals surface area contributed by atoms with Crippen LogP contribution in [0.1, 0.15) is 36.5 Å². The SMILES string of the molecule is Cc1ccc(C(N)CN2C(=O)c3ccccc3C2=O)s1. The van der Waals surface area contributed by atoms with Crippen molar-refractivity contribution < 1.29 is 9.59 Å². The van der Waals surface area contributed by atoms with Crippen molar-refractivity contribution in [2.24, 2.45) is 5.73 Å². The van der Waals surface area contributed by atoms with Gasteiger partial charge in [0.25, 0.3) is 11.8 Å². The van der Waals surface area contributed by atoms with Gasteiger partial charge >= 0.3 is 0 Å². The number of fused-ring (bicyclic) bond motifs is 1. The van der Waals surface area contributed by atoms with Gasteiger partial charge in [-0.25, -0.2) is 0 Å². The summed E-state index contributed by atoms with van der Waals surface area (Å²) in [4.78, 5) is 27.9. The number of aryl methyl sites for hydroxylation is 1. The van der Waals surface area contributed by atoms with Crippen molar-refractivity contribution in [2.75, 3.05) is 6.54 Å². The number of rotatable bonds is 3. The van der Waals surface area contributed by atoms with Gasteiger partial charge in [0.1, 0.15) is 0 Å². The second-order valence-electron chi connectivity index (χ2n) is 4.82. The number of nitrogens with zero attached hydrogens (tertiary/aromatic N) is 1. The zero-order chi connectivity index (χ0) is 14.3. The van der Waals surface area contributed by atoms with Gasteiger partial charge < -0.3 is 5.73 Å². The van der Waals surface area contributed by atoms with Crippen LogP contribution in [-0.4, -0.2) is 23.3 Å². The number of hydrogen-bond acceptors (Lipinski definition) is 4. The molecule has 2 amide bonds. The fourth-order valence-electron chi connectivity index (χ4n) is 2.34. The Morgan fingerprint density at radius 1 is 1.10 bits per heavy atom. The first-order chi connectivity index (χ1) is 9.58. The van der Waals surface area contributed by atoms with E-state index in [-0.39, 0.29) is 24.4 Å². The molecular formula is C15H14N2O2S. The first-order valence-corrected chi connectivity index (χ1v) is 7.16. The second-order valence-corrected chi connectivity index (χ2v) is 6.14. The number of carbonyl (C=O) groups is 2. The van der Waals surface area contributed by atoms with E-state index in [0.29, 0.717) is 11.1 Å². The summed E-state index contributed by atoms with van der Waals surface area (Å²) >= 11 is 1.59. The largest absolute Gasteiger partial charge is 0.322 e. The lowest BCUT2D eigenvalue weighted by Crippen LogP contribution is -2.36. The quantitative estimate of drug-likeness (QED) is 0.881. The molecule has 0 saturated heterocycles. The molecule has 1 aromatic carbocycles. The summed E-state index contributed by atoms with van der Waals surface area (Å²) in [6.45, 7) is 2.22. The molecule has 5 heteroatoms. The van der Waals surface area contributed by atoms with E-state index in [1.165, 1.54) is 4.90 Å². The summed E-state index contributed by atoms with van der Waals surface area (Å²) < 4.78 is 0. The van der Waals surface area contributed by atoms with Crippen LogP contribution in [0.15, 0.2) is 36.4 Å². The topological polar surface area (TPSA) is 63.4 Å². The van der Waals surface area contributed by atoms with Crippen molar-refractivity contribution in [3.8, 4) is 0 Å². The third kappa shape index (κ3) is 2.05. The van der Waals surface area contributed by atoms with E-state index in [2.05, 4.69) is 0 Å². The average molecular weight is 286 g/mol. The van der Waals surface area contributed by atoms with Crippen LogP contribution in [-0.2, 0) is 0 Å². The average Bonchev–Trinajstić information content (AvgIpc) is 2.98. The van der Waals surface area contributed by atoms with Crippen molar-refractivity contribution in [3.05, 3.63) is 57.3 Å². The Labute approximate surface area is 120 Å². The van der Waals surface area contributed by atoms with E-state index >= 15 is 0 Å². The molecule has 1 unspecified atom stereocenters. The fourth-order valence-corrected chi connectivity index (χ4v) is 3.21. The zero-order valence-corrected chi connectivity index (χ0v) is 11.8. The molecule has 1 atom stereocenters. The minimum Gasteiger partial charge on any atom is -0.322 e. The van der Waals surface area contributed by atoms with Crippen LogP contribution in [0.2, 0.25) is 0 Å². The number of benzene rings is 1. The number of thiophene rings is 1. The minimum atomic E-state index is -0.337. The lowest BCUT2D eigenvalue weighted by Gasteiger charge is -2.18. The Bertz CT molecular complexity index is 658. The van der Waals surface area contributed by atoms with E-state index < -0.39 is 0 Å². The maximum absolute atomic E-state index is 12.2. The zero-order valence-electron chi connectivity index (χ0n) is 11.0. The fraction of sp³-hybridized carbons (Fsp3) is 0.200. The van der Waals surface area contributed by atoms with E-state index in [9.17, 15) is 9.59 Å². The van der Waals surface area contributed by atoms with Crippen LogP contribution in [0.3, 0.4) is 0 Å². The number of nitrogens with two attached hydrogens (primary N) is 1. The van der Waals surface area contributed by atoms with Gasteiger partial charge in [-0.05, 0) is 31.2 Å². The highest BCUT2D eigenvalue weighted by molar-refractivity contribution is 7.12. The first-order valence-electron chi connectivity index (χ1n) is 6.35. The Balaban J connectivity index is 1.83. The van der Waals surface area contributed by atoms with Gasteiger partial charge in [-0.15, -0.1) is 11.3 Å². The van der Waals surface area contributed by atoms with Crippen LogP contribution in [0.4, 0.5) is 0 Å². The summed E-state index contributed by atoms with van der Waals surface area (Å²) in [5.41, 5.74) is 7.04. The number of imide groups is 1. The normalized spacial score (nSPS) is 15.6. The molecule has 4 nitrogen and oxygen atoms in total. The van der Waals surface area contributed by atoms with E-state index in [1.807, 2.05) is 19.1 Å². The van der Waals surface area contributed by atoms with Crippen LogP contribution >= 0.6 is 11.3 Å². The van der Waals surface area contributed by atoms with Crippen molar-refractivity contribution in [2.45, 2.75) is 13.0 Å². The summed E-state index contributed by atoms with van der Waals surface area (Å²) in [7, 11) is 0. The first kappa shape index (κ1) is 13.0. The standard InChI is InChI=1S/C15H14N2O2S/c1-9-6-7-13(20-9)12(16)8-17-14(18)10-4-2-3-5-11(10)15(17)19/h2-7,12H,8,16H2,1H3.